The summed E-state index contributed by atoms with van der Waals surface area (Å²) in [5.41, 5.74) is 2.72. The Balaban J connectivity index is 1.74. The Bertz CT molecular complexity index is 354. The van der Waals surface area contributed by atoms with E-state index in [0.717, 1.165) is 32.8 Å². The second-order valence-electron chi connectivity index (χ2n) is 4.81. The molecule has 0 unspecified atom stereocenters. The van der Waals surface area contributed by atoms with Crippen molar-refractivity contribution in [1.29, 1.82) is 0 Å². The fourth-order valence-electron chi connectivity index (χ4n) is 2.17. The number of aryl methyl sites for hydroxylation is 1. The van der Waals surface area contributed by atoms with E-state index in [1.807, 2.05) is 0 Å². The van der Waals surface area contributed by atoms with Crippen LogP contribution in [0.15, 0.2) is 24.3 Å². The van der Waals surface area contributed by atoms with Crippen molar-refractivity contribution in [1.82, 2.24) is 10.2 Å². The van der Waals surface area contributed by atoms with E-state index in [4.69, 9.17) is 4.74 Å². The average molecular weight is 234 g/mol. The third-order valence-electron chi connectivity index (χ3n) is 3.29. The number of likely N-dealkylation sites (N-methyl/N-ethyl adjacent to an activating group) is 1. The molecule has 3 nitrogen and oxygen atoms in total. The number of hydrogen-bond donors (Lipinski definition) is 1. The summed E-state index contributed by atoms with van der Waals surface area (Å²) in [6.07, 6.45) is 0.331. The third-order valence-corrected chi connectivity index (χ3v) is 3.29. The van der Waals surface area contributed by atoms with E-state index in [9.17, 15) is 0 Å². The summed E-state index contributed by atoms with van der Waals surface area (Å²) in [5, 5.41) is 3.48. The van der Waals surface area contributed by atoms with Gasteiger partial charge < -0.3 is 15.0 Å². The van der Waals surface area contributed by atoms with Gasteiger partial charge in [0.05, 0.1) is 12.7 Å². The number of nitrogens with zero attached hydrogens (tertiary/aromatic N) is 1. The highest BCUT2D eigenvalue weighted by Crippen LogP contribution is 2.07. The largest absolute Gasteiger partial charge is 0.374 e. The van der Waals surface area contributed by atoms with Crippen LogP contribution < -0.4 is 5.32 Å². The lowest BCUT2D eigenvalue weighted by Crippen LogP contribution is -2.44. The lowest BCUT2D eigenvalue weighted by atomic mass is 10.1. The number of ether oxygens (including phenoxy) is 1. The summed E-state index contributed by atoms with van der Waals surface area (Å²) in [7, 11) is 2.15. The summed E-state index contributed by atoms with van der Waals surface area (Å²) >= 11 is 0. The van der Waals surface area contributed by atoms with Crippen LogP contribution in [0, 0.1) is 6.92 Å². The molecule has 0 spiro atoms. The molecule has 2 rings (SSSR count). The van der Waals surface area contributed by atoms with Crippen molar-refractivity contribution in [2.24, 2.45) is 0 Å². The molecule has 94 valence electrons. The number of rotatable bonds is 4. The lowest BCUT2D eigenvalue weighted by molar-refractivity contribution is -0.0182. The quantitative estimate of drug-likeness (QED) is 0.852. The van der Waals surface area contributed by atoms with Gasteiger partial charge in [-0.15, -0.1) is 0 Å². The topological polar surface area (TPSA) is 24.5 Å². The van der Waals surface area contributed by atoms with Gasteiger partial charge in [-0.25, -0.2) is 0 Å². The van der Waals surface area contributed by atoms with Crippen molar-refractivity contribution in [3.05, 3.63) is 35.4 Å². The van der Waals surface area contributed by atoms with Crippen LogP contribution >= 0.6 is 0 Å². The van der Waals surface area contributed by atoms with Crippen LogP contribution in [0.3, 0.4) is 0 Å². The first kappa shape index (κ1) is 12.6. The molecule has 1 N–H and O–H groups in total. The van der Waals surface area contributed by atoms with Gasteiger partial charge in [-0.3, -0.25) is 0 Å². The van der Waals surface area contributed by atoms with Gasteiger partial charge in [0.1, 0.15) is 0 Å². The highest BCUT2D eigenvalue weighted by molar-refractivity contribution is 5.25. The van der Waals surface area contributed by atoms with Crippen molar-refractivity contribution in [2.75, 3.05) is 33.3 Å². The Morgan fingerprint density at radius 2 is 2.24 bits per heavy atom. The summed E-state index contributed by atoms with van der Waals surface area (Å²) in [6, 6.07) is 8.50. The van der Waals surface area contributed by atoms with E-state index in [1.165, 1.54) is 11.1 Å². The van der Waals surface area contributed by atoms with Crippen molar-refractivity contribution in [2.45, 2.75) is 19.6 Å². The van der Waals surface area contributed by atoms with Gasteiger partial charge >= 0.3 is 0 Å². The number of hydrogen-bond acceptors (Lipinski definition) is 3. The molecule has 0 amide bonds. The third kappa shape index (κ3) is 3.80. The minimum absolute atomic E-state index is 0.331. The maximum atomic E-state index is 5.71. The van der Waals surface area contributed by atoms with Gasteiger partial charge in [-0.05, 0) is 25.1 Å². The van der Waals surface area contributed by atoms with Gasteiger partial charge in [0, 0.05) is 26.2 Å². The molecule has 1 aliphatic rings. The van der Waals surface area contributed by atoms with Gasteiger partial charge in [-0.1, -0.05) is 24.3 Å². The molecular formula is C14H22N2O. The summed E-state index contributed by atoms with van der Waals surface area (Å²) in [6.45, 7) is 6.94. The first-order valence-corrected chi connectivity index (χ1v) is 6.31. The number of benzene rings is 1. The Labute approximate surface area is 104 Å². The normalized spacial score (nSPS) is 21.6. The number of morpholine rings is 1. The molecule has 17 heavy (non-hydrogen) atoms. The van der Waals surface area contributed by atoms with E-state index >= 15 is 0 Å². The molecule has 0 saturated carbocycles. The molecule has 1 saturated heterocycles. The smallest absolute Gasteiger partial charge is 0.0826 e. The lowest BCUT2D eigenvalue weighted by Gasteiger charge is -2.30. The second-order valence-corrected chi connectivity index (χ2v) is 4.81. The molecular weight excluding hydrogens is 212 g/mol. The van der Waals surface area contributed by atoms with Gasteiger partial charge in [0.25, 0.3) is 0 Å². The molecule has 1 aromatic carbocycles. The Kier molecular flexibility index (Phi) is 4.54. The Morgan fingerprint density at radius 1 is 1.41 bits per heavy atom. The molecule has 1 heterocycles. The van der Waals surface area contributed by atoms with E-state index in [1.54, 1.807) is 0 Å². The van der Waals surface area contributed by atoms with Crippen molar-refractivity contribution in [3.63, 3.8) is 0 Å². The average Bonchev–Trinajstić information content (AvgIpc) is 2.32. The van der Waals surface area contributed by atoms with E-state index in [2.05, 4.69) is 48.5 Å². The minimum atomic E-state index is 0.331. The van der Waals surface area contributed by atoms with Crippen LogP contribution in [0.1, 0.15) is 11.1 Å². The summed E-state index contributed by atoms with van der Waals surface area (Å²) in [5.74, 6) is 0. The van der Waals surface area contributed by atoms with Crippen LogP contribution in [0.2, 0.25) is 0 Å². The van der Waals surface area contributed by atoms with Crippen molar-refractivity contribution >= 4 is 0 Å². The van der Waals surface area contributed by atoms with Crippen LogP contribution in [0.4, 0.5) is 0 Å². The van der Waals surface area contributed by atoms with E-state index in [0.29, 0.717) is 6.10 Å². The molecule has 1 aromatic rings. The molecule has 0 aliphatic carbocycles. The molecule has 0 aromatic heterocycles. The zero-order chi connectivity index (χ0) is 12.1. The van der Waals surface area contributed by atoms with E-state index < -0.39 is 0 Å². The summed E-state index contributed by atoms with van der Waals surface area (Å²) in [4.78, 5) is 2.32. The maximum Gasteiger partial charge on any atom is 0.0826 e. The molecule has 3 heteroatoms. The fraction of sp³-hybridized carbons (Fsp3) is 0.571. The van der Waals surface area contributed by atoms with Crippen LogP contribution in [0.25, 0.3) is 0 Å². The minimum Gasteiger partial charge on any atom is -0.374 e. The highest BCUT2D eigenvalue weighted by Gasteiger charge is 2.16. The fourth-order valence-corrected chi connectivity index (χ4v) is 2.17. The first-order valence-electron chi connectivity index (χ1n) is 6.31. The maximum absolute atomic E-state index is 5.71. The van der Waals surface area contributed by atoms with Crippen molar-refractivity contribution in [3.8, 4) is 0 Å². The van der Waals surface area contributed by atoms with Crippen LogP contribution in [-0.4, -0.2) is 44.3 Å². The van der Waals surface area contributed by atoms with E-state index in [-0.39, 0.29) is 0 Å². The zero-order valence-electron chi connectivity index (χ0n) is 10.8. The first-order chi connectivity index (χ1) is 8.25. The predicted molar refractivity (Wildman–Crippen MR) is 70.1 cm³/mol. The SMILES string of the molecule is Cc1ccccc1CNC[C@H]1CN(C)CCO1. The zero-order valence-corrected chi connectivity index (χ0v) is 10.8. The molecule has 1 aliphatic heterocycles. The van der Waals surface area contributed by atoms with Crippen LogP contribution in [0.5, 0.6) is 0 Å². The molecule has 1 fully saturated rings. The molecule has 0 bridgehead atoms. The second kappa shape index (κ2) is 6.15. The Hall–Kier alpha value is -0.900. The monoisotopic (exact) mass is 234 g/mol. The predicted octanol–water partition coefficient (Wildman–Crippen LogP) is 1.42. The number of nitrogens with one attached hydrogen (secondary N) is 1. The Morgan fingerprint density at radius 3 is 3.00 bits per heavy atom. The molecule has 1 atom stereocenters. The van der Waals surface area contributed by atoms with Gasteiger partial charge in [0.15, 0.2) is 0 Å². The molecule has 0 radical (unpaired) electrons. The summed E-state index contributed by atoms with van der Waals surface area (Å²) < 4.78 is 5.71. The van der Waals surface area contributed by atoms with Gasteiger partial charge in [-0.2, -0.15) is 0 Å². The van der Waals surface area contributed by atoms with Gasteiger partial charge in [0.2, 0.25) is 0 Å². The standard InChI is InChI=1S/C14H22N2O/c1-12-5-3-4-6-13(12)9-15-10-14-11-16(2)7-8-17-14/h3-6,14-15H,7-11H2,1-2H3/t14-/m0/s1. The highest BCUT2D eigenvalue weighted by atomic mass is 16.5. The van der Waals surface area contributed by atoms with Crippen LogP contribution in [-0.2, 0) is 11.3 Å². The van der Waals surface area contributed by atoms with Crippen molar-refractivity contribution < 1.29 is 4.74 Å².